The van der Waals surface area contributed by atoms with Gasteiger partial charge in [-0.15, -0.1) is 0 Å². The molecule has 1 aliphatic heterocycles. The van der Waals surface area contributed by atoms with Crippen LogP contribution >= 0.6 is 0 Å². The van der Waals surface area contributed by atoms with Crippen LogP contribution < -0.4 is 0 Å². The Bertz CT molecular complexity index is 408. The van der Waals surface area contributed by atoms with Crippen molar-refractivity contribution < 1.29 is 9.90 Å². The number of benzene rings is 1. The number of piperidine rings is 1. The zero-order valence-corrected chi connectivity index (χ0v) is 11.6. The highest BCUT2D eigenvalue weighted by atomic mass is 16.3. The van der Waals surface area contributed by atoms with E-state index in [0.29, 0.717) is 31.6 Å². The number of nitrogens with zero attached hydrogens (tertiary/aromatic N) is 1. The van der Waals surface area contributed by atoms with Crippen LogP contribution in [-0.4, -0.2) is 35.4 Å². The molecule has 1 aliphatic rings. The molecule has 0 amide bonds. The van der Waals surface area contributed by atoms with Gasteiger partial charge in [0.2, 0.25) is 0 Å². The number of carbonyl (C=O) groups is 1. The highest BCUT2D eigenvalue weighted by Gasteiger charge is 2.33. The summed E-state index contributed by atoms with van der Waals surface area (Å²) in [5, 5.41) is 10.7. The van der Waals surface area contributed by atoms with Crippen LogP contribution in [0.1, 0.15) is 38.2 Å². The van der Waals surface area contributed by atoms with Crippen LogP contribution in [0, 0.1) is 0 Å². The van der Waals surface area contributed by atoms with E-state index >= 15 is 0 Å². The van der Waals surface area contributed by atoms with Gasteiger partial charge in [0.15, 0.2) is 0 Å². The Hall–Kier alpha value is -1.19. The molecule has 1 aromatic carbocycles. The first-order chi connectivity index (χ1) is 9.14. The first-order valence-electron chi connectivity index (χ1n) is 7.16. The van der Waals surface area contributed by atoms with Crippen molar-refractivity contribution in [2.45, 2.75) is 38.2 Å². The number of ketones is 1. The van der Waals surface area contributed by atoms with E-state index in [-0.39, 0.29) is 0 Å². The van der Waals surface area contributed by atoms with Gasteiger partial charge in [-0.1, -0.05) is 37.3 Å². The van der Waals surface area contributed by atoms with E-state index < -0.39 is 5.60 Å². The molecule has 104 valence electrons. The first-order valence-corrected chi connectivity index (χ1v) is 7.16. The van der Waals surface area contributed by atoms with E-state index in [9.17, 15) is 9.90 Å². The maximum atomic E-state index is 11.6. The van der Waals surface area contributed by atoms with E-state index in [4.69, 9.17) is 0 Å². The molecule has 1 N–H and O–H groups in total. The molecule has 0 aromatic heterocycles. The molecular formula is C16H23NO2. The summed E-state index contributed by atoms with van der Waals surface area (Å²) in [6.07, 6.45) is 2.99. The molecule has 1 saturated heterocycles. The lowest BCUT2D eigenvalue weighted by molar-refractivity contribution is -0.121. The molecule has 0 spiro atoms. The number of carbonyl (C=O) groups excluding carboxylic acids is 1. The maximum Gasteiger partial charge on any atom is 0.146 e. The van der Waals surface area contributed by atoms with Gasteiger partial charge >= 0.3 is 0 Å². The van der Waals surface area contributed by atoms with Gasteiger partial charge in [0.25, 0.3) is 0 Å². The van der Waals surface area contributed by atoms with Gasteiger partial charge in [-0.3, -0.25) is 9.69 Å². The molecule has 2 rings (SSSR count). The first kappa shape index (κ1) is 14.2. The van der Waals surface area contributed by atoms with Crippen molar-refractivity contribution in [3.63, 3.8) is 0 Å². The molecular weight excluding hydrogens is 238 g/mol. The van der Waals surface area contributed by atoms with Gasteiger partial charge in [-0.05, 0) is 24.8 Å². The van der Waals surface area contributed by atoms with E-state index in [2.05, 4.69) is 4.90 Å². The van der Waals surface area contributed by atoms with Crippen molar-refractivity contribution in [2.24, 2.45) is 0 Å². The minimum absolute atomic E-state index is 0.313. The van der Waals surface area contributed by atoms with Crippen LogP contribution in [-0.2, 0) is 10.4 Å². The van der Waals surface area contributed by atoms with Crippen molar-refractivity contribution >= 4 is 5.78 Å². The monoisotopic (exact) mass is 261 g/mol. The summed E-state index contributed by atoms with van der Waals surface area (Å²) in [5.41, 5.74) is 0.278. The normalized spacial score (nSPS) is 19.3. The lowest BCUT2D eigenvalue weighted by Gasteiger charge is -2.38. The summed E-state index contributed by atoms with van der Waals surface area (Å²) in [6, 6.07) is 9.86. The third-order valence-corrected chi connectivity index (χ3v) is 3.92. The molecule has 0 radical (unpaired) electrons. The van der Waals surface area contributed by atoms with Crippen LogP contribution in [0.2, 0.25) is 0 Å². The number of Topliss-reactive ketones (excluding diaryl/α,β-unsaturated/α-hetero) is 1. The summed E-state index contributed by atoms with van der Waals surface area (Å²) >= 11 is 0. The lowest BCUT2D eigenvalue weighted by Crippen LogP contribution is -2.44. The molecule has 1 aromatic rings. The smallest absolute Gasteiger partial charge is 0.146 e. The lowest BCUT2D eigenvalue weighted by atomic mass is 9.84. The van der Waals surface area contributed by atoms with E-state index in [0.717, 1.165) is 25.1 Å². The fourth-order valence-corrected chi connectivity index (χ4v) is 2.73. The van der Waals surface area contributed by atoms with Gasteiger partial charge in [0.05, 0.1) is 12.1 Å². The van der Waals surface area contributed by atoms with Crippen molar-refractivity contribution in [1.82, 2.24) is 4.90 Å². The summed E-state index contributed by atoms with van der Waals surface area (Å²) in [7, 11) is 0. The molecule has 0 saturated carbocycles. The molecule has 0 unspecified atom stereocenters. The Morgan fingerprint density at radius 3 is 2.47 bits per heavy atom. The fraction of sp³-hybridized carbons (Fsp3) is 0.562. The quantitative estimate of drug-likeness (QED) is 0.884. The Labute approximate surface area is 115 Å². The Morgan fingerprint density at radius 2 is 1.89 bits per heavy atom. The predicted molar refractivity (Wildman–Crippen MR) is 75.9 cm³/mol. The van der Waals surface area contributed by atoms with Crippen LogP contribution in [0.4, 0.5) is 0 Å². The van der Waals surface area contributed by atoms with Gasteiger partial charge < -0.3 is 5.11 Å². The second kappa shape index (κ2) is 6.31. The average molecular weight is 261 g/mol. The third kappa shape index (κ3) is 3.64. The van der Waals surface area contributed by atoms with Gasteiger partial charge in [0.1, 0.15) is 5.78 Å². The van der Waals surface area contributed by atoms with Crippen LogP contribution in [0.3, 0.4) is 0 Å². The van der Waals surface area contributed by atoms with E-state index in [1.165, 1.54) is 0 Å². The number of aliphatic hydroxyl groups is 1. The molecule has 3 heteroatoms. The molecule has 0 bridgehead atoms. The Kier molecular flexibility index (Phi) is 4.72. The Morgan fingerprint density at radius 1 is 1.26 bits per heavy atom. The van der Waals surface area contributed by atoms with Crippen LogP contribution in [0.15, 0.2) is 30.3 Å². The maximum absolute atomic E-state index is 11.6. The molecule has 0 atom stereocenters. The SMILES string of the molecule is CCCC(=O)CN1CCC(O)(c2ccccc2)CC1. The molecule has 1 fully saturated rings. The number of likely N-dealkylation sites (tertiary alicyclic amines) is 1. The summed E-state index contributed by atoms with van der Waals surface area (Å²) in [5.74, 6) is 0.313. The Balaban J connectivity index is 1.90. The van der Waals surface area contributed by atoms with E-state index in [1.54, 1.807) is 0 Å². The zero-order valence-electron chi connectivity index (χ0n) is 11.6. The summed E-state index contributed by atoms with van der Waals surface area (Å²) < 4.78 is 0. The molecule has 3 nitrogen and oxygen atoms in total. The second-order valence-corrected chi connectivity index (χ2v) is 5.46. The fourth-order valence-electron chi connectivity index (χ4n) is 2.73. The van der Waals surface area contributed by atoms with Gasteiger partial charge in [-0.25, -0.2) is 0 Å². The molecule has 1 heterocycles. The number of hydrogen-bond donors (Lipinski definition) is 1. The van der Waals surface area contributed by atoms with Crippen molar-refractivity contribution in [3.05, 3.63) is 35.9 Å². The number of hydrogen-bond acceptors (Lipinski definition) is 3. The topological polar surface area (TPSA) is 40.5 Å². The average Bonchev–Trinajstić information content (AvgIpc) is 2.43. The standard InChI is InChI=1S/C16H23NO2/c1-2-6-15(18)13-17-11-9-16(19,10-12-17)14-7-4-3-5-8-14/h3-5,7-8,19H,2,6,9-13H2,1H3. The summed E-state index contributed by atoms with van der Waals surface area (Å²) in [4.78, 5) is 13.8. The highest BCUT2D eigenvalue weighted by molar-refractivity contribution is 5.80. The molecule has 19 heavy (non-hydrogen) atoms. The minimum atomic E-state index is -0.717. The van der Waals surface area contributed by atoms with Crippen molar-refractivity contribution in [3.8, 4) is 0 Å². The minimum Gasteiger partial charge on any atom is -0.385 e. The third-order valence-electron chi connectivity index (χ3n) is 3.92. The summed E-state index contributed by atoms with van der Waals surface area (Å²) in [6.45, 7) is 4.16. The molecule has 0 aliphatic carbocycles. The second-order valence-electron chi connectivity index (χ2n) is 5.46. The van der Waals surface area contributed by atoms with E-state index in [1.807, 2.05) is 37.3 Å². The number of rotatable bonds is 5. The van der Waals surface area contributed by atoms with Crippen LogP contribution in [0.25, 0.3) is 0 Å². The van der Waals surface area contributed by atoms with Crippen molar-refractivity contribution in [1.29, 1.82) is 0 Å². The van der Waals surface area contributed by atoms with Gasteiger partial charge in [0, 0.05) is 19.5 Å². The van der Waals surface area contributed by atoms with Crippen LogP contribution in [0.5, 0.6) is 0 Å². The largest absolute Gasteiger partial charge is 0.385 e. The van der Waals surface area contributed by atoms with Gasteiger partial charge in [-0.2, -0.15) is 0 Å². The van der Waals surface area contributed by atoms with Crippen molar-refractivity contribution in [2.75, 3.05) is 19.6 Å². The highest BCUT2D eigenvalue weighted by Crippen LogP contribution is 2.32. The zero-order chi connectivity index (χ0) is 13.7. The predicted octanol–water partition coefficient (Wildman–Crippen LogP) is 2.34.